The molecule has 0 aromatic heterocycles. The Kier molecular flexibility index (Phi) is 8.14. The standard InChI is InChI=1S/C16H18ClN3O5/c1-3-8-18-16(24)20-13(21)9-25-15(23)10(2)19-14(22)11-6-4-5-7-12(11)17/h3-7,10H,1,8-9H2,2H3,(H,19,22)(H2,18,20,21,24). The van der Waals surface area contributed by atoms with Crippen LogP contribution in [0.15, 0.2) is 36.9 Å². The molecule has 3 N–H and O–H groups in total. The fraction of sp³-hybridized carbons (Fsp3) is 0.250. The van der Waals surface area contributed by atoms with E-state index in [0.717, 1.165) is 0 Å². The number of hydrogen-bond acceptors (Lipinski definition) is 5. The molecule has 0 radical (unpaired) electrons. The van der Waals surface area contributed by atoms with Gasteiger partial charge in [0.25, 0.3) is 11.8 Å². The average molecular weight is 368 g/mol. The Bertz CT molecular complexity index is 677. The quantitative estimate of drug-likeness (QED) is 0.491. The van der Waals surface area contributed by atoms with E-state index in [4.69, 9.17) is 16.3 Å². The van der Waals surface area contributed by atoms with Crippen LogP contribution in [0.2, 0.25) is 5.02 Å². The molecule has 134 valence electrons. The van der Waals surface area contributed by atoms with E-state index in [1.54, 1.807) is 18.2 Å². The monoisotopic (exact) mass is 367 g/mol. The van der Waals surface area contributed by atoms with Gasteiger partial charge in [-0.15, -0.1) is 6.58 Å². The minimum Gasteiger partial charge on any atom is -0.454 e. The number of esters is 1. The molecule has 0 aliphatic rings. The maximum absolute atomic E-state index is 12.0. The van der Waals surface area contributed by atoms with E-state index in [1.807, 2.05) is 5.32 Å². The Morgan fingerprint density at radius 3 is 2.60 bits per heavy atom. The largest absolute Gasteiger partial charge is 0.454 e. The molecule has 0 fully saturated rings. The lowest BCUT2D eigenvalue weighted by molar-refractivity contribution is -0.149. The highest BCUT2D eigenvalue weighted by molar-refractivity contribution is 6.33. The molecule has 0 heterocycles. The van der Waals surface area contributed by atoms with Gasteiger partial charge in [0.15, 0.2) is 6.61 Å². The van der Waals surface area contributed by atoms with Gasteiger partial charge in [-0.1, -0.05) is 29.8 Å². The summed E-state index contributed by atoms with van der Waals surface area (Å²) in [6.45, 7) is 4.32. The number of ether oxygens (including phenoxy) is 1. The summed E-state index contributed by atoms with van der Waals surface area (Å²) in [6, 6.07) is 4.60. The molecule has 1 rings (SSSR count). The van der Waals surface area contributed by atoms with Gasteiger partial charge in [-0.25, -0.2) is 9.59 Å². The first-order chi connectivity index (χ1) is 11.8. The molecular formula is C16H18ClN3O5. The number of rotatable bonds is 7. The number of urea groups is 1. The molecular weight excluding hydrogens is 350 g/mol. The summed E-state index contributed by atoms with van der Waals surface area (Å²) in [6.07, 6.45) is 1.44. The summed E-state index contributed by atoms with van der Waals surface area (Å²) in [5.41, 5.74) is 0.209. The van der Waals surface area contributed by atoms with Crippen molar-refractivity contribution in [2.45, 2.75) is 13.0 Å². The van der Waals surface area contributed by atoms with Crippen LogP contribution in [-0.4, -0.2) is 43.0 Å². The highest BCUT2D eigenvalue weighted by atomic mass is 35.5. The highest BCUT2D eigenvalue weighted by Crippen LogP contribution is 2.14. The van der Waals surface area contributed by atoms with E-state index in [-0.39, 0.29) is 17.1 Å². The number of carbonyl (C=O) groups is 4. The molecule has 8 nitrogen and oxygen atoms in total. The number of imide groups is 1. The van der Waals surface area contributed by atoms with Crippen molar-refractivity contribution in [1.82, 2.24) is 16.0 Å². The molecule has 0 saturated carbocycles. The van der Waals surface area contributed by atoms with Crippen molar-refractivity contribution in [3.8, 4) is 0 Å². The first-order valence-corrected chi connectivity index (χ1v) is 7.63. The first kappa shape index (κ1) is 20.2. The van der Waals surface area contributed by atoms with Crippen LogP contribution in [-0.2, 0) is 14.3 Å². The smallest absolute Gasteiger partial charge is 0.328 e. The second-order valence-corrected chi connectivity index (χ2v) is 5.24. The van der Waals surface area contributed by atoms with Crippen molar-refractivity contribution >= 4 is 35.4 Å². The molecule has 1 atom stereocenters. The Balaban J connectivity index is 2.43. The summed E-state index contributed by atoms with van der Waals surface area (Å²) in [5, 5.41) is 6.94. The zero-order chi connectivity index (χ0) is 18.8. The van der Waals surface area contributed by atoms with E-state index in [2.05, 4.69) is 17.2 Å². The molecule has 0 aliphatic carbocycles. The Morgan fingerprint density at radius 1 is 1.28 bits per heavy atom. The van der Waals surface area contributed by atoms with Crippen LogP contribution in [0.3, 0.4) is 0 Å². The Morgan fingerprint density at radius 2 is 1.96 bits per heavy atom. The van der Waals surface area contributed by atoms with Gasteiger partial charge in [-0.05, 0) is 19.1 Å². The zero-order valence-electron chi connectivity index (χ0n) is 13.5. The second-order valence-electron chi connectivity index (χ2n) is 4.83. The van der Waals surface area contributed by atoms with Gasteiger partial charge in [-0.3, -0.25) is 14.9 Å². The van der Waals surface area contributed by atoms with Crippen LogP contribution in [0.25, 0.3) is 0 Å². The summed E-state index contributed by atoms with van der Waals surface area (Å²) in [7, 11) is 0. The minimum atomic E-state index is -1.01. The fourth-order valence-electron chi connectivity index (χ4n) is 1.61. The van der Waals surface area contributed by atoms with Crippen molar-refractivity contribution in [3.63, 3.8) is 0 Å². The third-order valence-electron chi connectivity index (χ3n) is 2.83. The molecule has 9 heteroatoms. The van der Waals surface area contributed by atoms with E-state index in [1.165, 1.54) is 19.1 Å². The van der Waals surface area contributed by atoms with E-state index in [0.29, 0.717) is 0 Å². The lowest BCUT2D eigenvalue weighted by Crippen LogP contribution is -2.43. The molecule has 25 heavy (non-hydrogen) atoms. The molecule has 0 aliphatic heterocycles. The Labute approximate surface area is 149 Å². The molecule has 1 aromatic carbocycles. The van der Waals surface area contributed by atoms with Gasteiger partial charge in [0.05, 0.1) is 10.6 Å². The fourth-order valence-corrected chi connectivity index (χ4v) is 1.83. The van der Waals surface area contributed by atoms with Gasteiger partial charge < -0.3 is 15.4 Å². The van der Waals surface area contributed by atoms with E-state index >= 15 is 0 Å². The second kappa shape index (κ2) is 10.1. The van der Waals surface area contributed by atoms with Crippen LogP contribution in [0, 0.1) is 0 Å². The van der Waals surface area contributed by atoms with Crippen LogP contribution in [0.5, 0.6) is 0 Å². The van der Waals surface area contributed by atoms with Crippen molar-refractivity contribution in [2.75, 3.05) is 13.2 Å². The van der Waals surface area contributed by atoms with Crippen LogP contribution < -0.4 is 16.0 Å². The van der Waals surface area contributed by atoms with Crippen LogP contribution in [0.1, 0.15) is 17.3 Å². The summed E-state index contributed by atoms with van der Waals surface area (Å²) in [4.78, 5) is 46.5. The minimum absolute atomic E-state index is 0.185. The third kappa shape index (κ3) is 7.05. The first-order valence-electron chi connectivity index (χ1n) is 7.25. The third-order valence-corrected chi connectivity index (χ3v) is 3.15. The summed E-state index contributed by atoms with van der Waals surface area (Å²) >= 11 is 5.90. The summed E-state index contributed by atoms with van der Waals surface area (Å²) < 4.78 is 4.74. The highest BCUT2D eigenvalue weighted by Gasteiger charge is 2.20. The Hall–Kier alpha value is -2.87. The average Bonchev–Trinajstić information content (AvgIpc) is 2.57. The maximum Gasteiger partial charge on any atom is 0.328 e. The number of carbonyl (C=O) groups excluding carboxylic acids is 4. The number of hydrogen-bond donors (Lipinski definition) is 3. The van der Waals surface area contributed by atoms with E-state index < -0.39 is 36.5 Å². The van der Waals surface area contributed by atoms with Gasteiger partial charge in [0.2, 0.25) is 0 Å². The lowest BCUT2D eigenvalue weighted by atomic mass is 10.2. The number of benzene rings is 1. The van der Waals surface area contributed by atoms with Crippen molar-refractivity contribution < 1.29 is 23.9 Å². The van der Waals surface area contributed by atoms with Gasteiger partial charge in [-0.2, -0.15) is 0 Å². The van der Waals surface area contributed by atoms with Crippen LogP contribution in [0.4, 0.5) is 4.79 Å². The van der Waals surface area contributed by atoms with E-state index in [9.17, 15) is 19.2 Å². The normalized spacial score (nSPS) is 11.0. The predicted molar refractivity (Wildman–Crippen MR) is 91.1 cm³/mol. The molecule has 4 amide bonds. The van der Waals surface area contributed by atoms with Crippen LogP contribution >= 0.6 is 11.6 Å². The summed E-state index contributed by atoms with van der Waals surface area (Å²) in [5.74, 6) is -2.19. The number of amides is 4. The zero-order valence-corrected chi connectivity index (χ0v) is 14.3. The number of halogens is 1. The van der Waals surface area contributed by atoms with Gasteiger partial charge >= 0.3 is 12.0 Å². The predicted octanol–water partition coefficient (Wildman–Crippen LogP) is 1.01. The number of nitrogens with one attached hydrogen (secondary N) is 3. The van der Waals surface area contributed by atoms with Crippen molar-refractivity contribution in [1.29, 1.82) is 0 Å². The molecule has 1 aromatic rings. The lowest BCUT2D eigenvalue weighted by Gasteiger charge is -2.13. The molecule has 1 unspecified atom stereocenters. The van der Waals surface area contributed by atoms with Gasteiger partial charge in [0, 0.05) is 6.54 Å². The topological polar surface area (TPSA) is 114 Å². The molecule has 0 bridgehead atoms. The van der Waals surface area contributed by atoms with Crippen molar-refractivity contribution in [2.24, 2.45) is 0 Å². The van der Waals surface area contributed by atoms with Crippen molar-refractivity contribution in [3.05, 3.63) is 47.5 Å². The SMILES string of the molecule is C=CCNC(=O)NC(=O)COC(=O)C(C)NC(=O)c1ccccc1Cl. The maximum atomic E-state index is 12.0. The van der Waals surface area contributed by atoms with Gasteiger partial charge in [0.1, 0.15) is 6.04 Å². The molecule has 0 saturated heterocycles. The molecule has 0 spiro atoms.